The van der Waals surface area contributed by atoms with E-state index in [1.54, 1.807) is 4.57 Å². The Bertz CT molecular complexity index is 1500. The largest absolute Gasteiger partial charge is 0.454 e. The van der Waals surface area contributed by atoms with Crippen molar-refractivity contribution in [2.45, 2.75) is 19.6 Å². The lowest BCUT2D eigenvalue weighted by atomic mass is 10.1. The first-order valence-electron chi connectivity index (χ1n) is 12.0. The van der Waals surface area contributed by atoms with Crippen molar-refractivity contribution >= 4 is 21.6 Å². The molecule has 0 atom stereocenters. The highest BCUT2D eigenvalue weighted by atomic mass is 32.1. The van der Waals surface area contributed by atoms with E-state index in [4.69, 9.17) is 14.5 Å². The molecule has 1 saturated heterocycles. The molecule has 0 radical (unpaired) electrons. The number of thiophene rings is 1. The monoisotopic (exact) mass is 499 g/mol. The predicted octanol–water partition coefficient (Wildman–Crippen LogP) is 3.70. The molecule has 4 heterocycles. The van der Waals surface area contributed by atoms with Crippen LogP contribution in [0, 0.1) is 11.3 Å². The highest BCUT2D eigenvalue weighted by Crippen LogP contribution is 2.33. The standard InChI is InChI=1S/C27H25N5O3S/c28-8-9-32-24(29-26-25(27(32)33)21(17-36-26)20-4-2-1-3-5-20)16-31-12-10-30(11-13-31)15-19-6-7-22-23(14-19)35-18-34-22/h1-7,14,17H,9-13,15-16,18H2. The maximum atomic E-state index is 13.5. The Morgan fingerprint density at radius 2 is 1.72 bits per heavy atom. The van der Waals surface area contributed by atoms with E-state index in [1.807, 2.05) is 41.8 Å². The number of rotatable bonds is 6. The van der Waals surface area contributed by atoms with Crippen molar-refractivity contribution in [2.24, 2.45) is 0 Å². The van der Waals surface area contributed by atoms with Gasteiger partial charge in [0.25, 0.3) is 5.56 Å². The number of aromatic nitrogens is 2. The zero-order valence-corrected chi connectivity index (χ0v) is 20.5. The van der Waals surface area contributed by atoms with E-state index in [0.29, 0.717) is 17.8 Å². The molecule has 0 aliphatic carbocycles. The number of fused-ring (bicyclic) bond motifs is 2. The van der Waals surface area contributed by atoms with Crippen LogP contribution in [0.5, 0.6) is 11.5 Å². The Balaban J connectivity index is 1.18. The Kier molecular flexibility index (Phi) is 6.15. The van der Waals surface area contributed by atoms with E-state index in [1.165, 1.54) is 16.9 Å². The van der Waals surface area contributed by atoms with Crippen molar-refractivity contribution < 1.29 is 9.47 Å². The molecule has 36 heavy (non-hydrogen) atoms. The van der Waals surface area contributed by atoms with Gasteiger partial charge in [0.15, 0.2) is 11.5 Å². The van der Waals surface area contributed by atoms with Crippen molar-refractivity contribution in [1.82, 2.24) is 19.4 Å². The number of piperazine rings is 1. The number of nitriles is 1. The Labute approximate surface area is 212 Å². The summed E-state index contributed by atoms with van der Waals surface area (Å²) < 4.78 is 12.5. The van der Waals surface area contributed by atoms with E-state index in [0.717, 1.165) is 60.2 Å². The lowest BCUT2D eigenvalue weighted by Crippen LogP contribution is -2.46. The Morgan fingerprint density at radius 3 is 2.50 bits per heavy atom. The minimum Gasteiger partial charge on any atom is -0.454 e. The fourth-order valence-corrected chi connectivity index (χ4v) is 5.81. The number of ether oxygens (including phenoxy) is 2. The summed E-state index contributed by atoms with van der Waals surface area (Å²) >= 11 is 1.48. The molecule has 0 amide bonds. The molecular weight excluding hydrogens is 474 g/mol. The van der Waals surface area contributed by atoms with Crippen molar-refractivity contribution in [3.05, 3.63) is 75.7 Å². The van der Waals surface area contributed by atoms with Crippen LogP contribution in [0.15, 0.2) is 58.7 Å². The van der Waals surface area contributed by atoms with Crippen LogP contribution in [0.2, 0.25) is 0 Å². The fourth-order valence-electron chi connectivity index (χ4n) is 4.85. The lowest BCUT2D eigenvalue weighted by Gasteiger charge is -2.34. The first kappa shape index (κ1) is 22.7. The molecule has 6 rings (SSSR count). The van der Waals surface area contributed by atoms with Crippen LogP contribution >= 0.6 is 11.3 Å². The molecular formula is C27H25N5O3S. The fraction of sp³-hybridized carbons (Fsp3) is 0.296. The topological polar surface area (TPSA) is 83.6 Å². The number of hydrogen-bond donors (Lipinski definition) is 0. The second-order valence-electron chi connectivity index (χ2n) is 9.01. The average molecular weight is 500 g/mol. The minimum atomic E-state index is -0.141. The molecule has 1 fully saturated rings. The van der Waals surface area contributed by atoms with Gasteiger partial charge in [0.1, 0.15) is 17.2 Å². The van der Waals surface area contributed by atoms with Gasteiger partial charge in [-0.25, -0.2) is 4.98 Å². The normalized spacial score (nSPS) is 15.9. The van der Waals surface area contributed by atoms with Crippen LogP contribution in [0.3, 0.4) is 0 Å². The van der Waals surface area contributed by atoms with E-state index < -0.39 is 0 Å². The molecule has 2 aliphatic rings. The minimum absolute atomic E-state index is 0.00867. The summed E-state index contributed by atoms with van der Waals surface area (Å²) in [5.41, 5.74) is 2.92. The lowest BCUT2D eigenvalue weighted by molar-refractivity contribution is 0.118. The van der Waals surface area contributed by atoms with Crippen LogP contribution in [0.4, 0.5) is 0 Å². The van der Waals surface area contributed by atoms with E-state index in [-0.39, 0.29) is 18.9 Å². The van der Waals surface area contributed by atoms with Crippen molar-refractivity contribution in [3.8, 4) is 28.7 Å². The molecule has 8 nitrogen and oxygen atoms in total. The van der Waals surface area contributed by atoms with E-state index >= 15 is 0 Å². The maximum Gasteiger partial charge on any atom is 0.263 e. The van der Waals surface area contributed by atoms with E-state index in [9.17, 15) is 10.1 Å². The third-order valence-electron chi connectivity index (χ3n) is 6.76. The molecule has 4 aromatic rings. The first-order chi connectivity index (χ1) is 17.7. The molecule has 0 spiro atoms. The molecule has 0 saturated carbocycles. The Morgan fingerprint density at radius 1 is 0.972 bits per heavy atom. The summed E-state index contributed by atoms with van der Waals surface area (Å²) in [6.45, 7) is 5.23. The first-order valence-corrected chi connectivity index (χ1v) is 12.8. The van der Waals surface area contributed by atoms with Gasteiger partial charge in [-0.2, -0.15) is 5.26 Å². The third-order valence-corrected chi connectivity index (χ3v) is 7.63. The maximum absolute atomic E-state index is 13.5. The van der Waals surface area contributed by atoms with Crippen LogP contribution in [0.1, 0.15) is 11.4 Å². The average Bonchev–Trinajstić information content (AvgIpc) is 3.55. The SMILES string of the molecule is N#CCn1c(CN2CCN(Cc3ccc4c(c3)OCO4)CC2)nc2scc(-c3ccccc3)c2c1=O. The van der Waals surface area contributed by atoms with Gasteiger partial charge in [0.2, 0.25) is 6.79 Å². The summed E-state index contributed by atoms with van der Waals surface area (Å²) in [5.74, 6) is 2.27. The summed E-state index contributed by atoms with van der Waals surface area (Å²) in [5, 5.41) is 12.0. The highest BCUT2D eigenvalue weighted by Gasteiger charge is 2.22. The zero-order valence-electron chi connectivity index (χ0n) is 19.7. The summed E-state index contributed by atoms with van der Waals surface area (Å²) in [6.07, 6.45) is 0. The van der Waals surface area contributed by atoms with Crippen molar-refractivity contribution in [1.29, 1.82) is 5.26 Å². The molecule has 9 heteroatoms. The van der Waals surface area contributed by atoms with Crippen molar-refractivity contribution in [3.63, 3.8) is 0 Å². The van der Waals surface area contributed by atoms with Crippen LogP contribution in [-0.4, -0.2) is 52.3 Å². The van der Waals surface area contributed by atoms with Gasteiger partial charge in [0.05, 0.1) is 18.0 Å². The van der Waals surface area contributed by atoms with Crippen LogP contribution < -0.4 is 15.0 Å². The van der Waals surface area contributed by atoms with Gasteiger partial charge in [-0.1, -0.05) is 36.4 Å². The molecule has 182 valence electrons. The second-order valence-corrected chi connectivity index (χ2v) is 9.87. The van der Waals surface area contributed by atoms with Crippen molar-refractivity contribution in [2.75, 3.05) is 33.0 Å². The van der Waals surface area contributed by atoms with Gasteiger partial charge in [0, 0.05) is 43.7 Å². The summed E-state index contributed by atoms with van der Waals surface area (Å²) in [6, 6.07) is 18.1. The van der Waals surface area contributed by atoms with Gasteiger partial charge in [-0.05, 0) is 23.3 Å². The number of hydrogen-bond acceptors (Lipinski definition) is 8. The van der Waals surface area contributed by atoms with Crippen LogP contribution in [0.25, 0.3) is 21.3 Å². The molecule has 2 aromatic carbocycles. The van der Waals surface area contributed by atoms with E-state index in [2.05, 4.69) is 28.0 Å². The predicted molar refractivity (Wildman–Crippen MR) is 138 cm³/mol. The molecule has 0 N–H and O–H groups in total. The highest BCUT2D eigenvalue weighted by molar-refractivity contribution is 7.17. The molecule has 0 unspecified atom stereocenters. The second kappa shape index (κ2) is 9.74. The van der Waals surface area contributed by atoms with Gasteiger partial charge < -0.3 is 9.47 Å². The van der Waals surface area contributed by atoms with Gasteiger partial charge in [-0.3, -0.25) is 19.2 Å². The molecule has 2 aromatic heterocycles. The number of nitrogens with zero attached hydrogens (tertiary/aromatic N) is 5. The van der Waals surface area contributed by atoms with Gasteiger partial charge >= 0.3 is 0 Å². The quantitative estimate of drug-likeness (QED) is 0.400. The zero-order chi connectivity index (χ0) is 24.5. The summed E-state index contributed by atoms with van der Waals surface area (Å²) in [7, 11) is 0. The summed E-state index contributed by atoms with van der Waals surface area (Å²) in [4.78, 5) is 23.8. The smallest absolute Gasteiger partial charge is 0.263 e. The Hall–Kier alpha value is -3.71. The molecule has 0 bridgehead atoms. The number of benzene rings is 2. The molecule has 2 aliphatic heterocycles. The third kappa shape index (κ3) is 4.35. The van der Waals surface area contributed by atoms with Crippen LogP contribution in [-0.2, 0) is 19.6 Å². The van der Waals surface area contributed by atoms with Gasteiger partial charge in [-0.15, -0.1) is 11.3 Å².